The first kappa shape index (κ1) is 9.25. The quantitative estimate of drug-likeness (QED) is 0.617. The number of amides is 1. The fraction of sp³-hybridized carbons (Fsp3) is 0.667. The molecule has 56 valence electrons. The van der Waals surface area contributed by atoms with Gasteiger partial charge in [0, 0.05) is 6.04 Å². The van der Waals surface area contributed by atoms with Gasteiger partial charge in [0.2, 0.25) is 5.91 Å². The van der Waals surface area contributed by atoms with Crippen LogP contribution in [0.3, 0.4) is 0 Å². The van der Waals surface area contributed by atoms with Gasteiger partial charge in [0.15, 0.2) is 0 Å². The Morgan fingerprint density at radius 1 is 1.90 bits per heavy atom. The molecule has 0 saturated heterocycles. The number of hydrogen-bond acceptors (Lipinski definition) is 2. The van der Waals surface area contributed by atoms with Crippen LogP contribution in [0, 0.1) is 11.3 Å². The van der Waals surface area contributed by atoms with Gasteiger partial charge < -0.3 is 5.32 Å². The van der Waals surface area contributed by atoms with Crippen molar-refractivity contribution in [1.29, 1.82) is 5.26 Å². The first-order chi connectivity index (χ1) is 4.70. The summed E-state index contributed by atoms with van der Waals surface area (Å²) in [6, 6.07) is 1.84. The van der Waals surface area contributed by atoms with Crippen LogP contribution in [0.15, 0.2) is 0 Å². The van der Waals surface area contributed by atoms with Crippen LogP contribution in [-0.2, 0) is 4.79 Å². The van der Waals surface area contributed by atoms with Crippen molar-refractivity contribution in [1.82, 2.24) is 5.32 Å². The molecule has 4 heteroatoms. The lowest BCUT2D eigenvalue weighted by atomic mass is 10.2. The van der Waals surface area contributed by atoms with Crippen molar-refractivity contribution in [2.75, 3.05) is 5.88 Å². The summed E-state index contributed by atoms with van der Waals surface area (Å²) < 4.78 is 0. The highest BCUT2D eigenvalue weighted by Crippen LogP contribution is 1.87. The monoisotopic (exact) mass is 160 g/mol. The Labute approximate surface area is 65.0 Å². The number of carbonyl (C=O) groups excluding carboxylic acids is 1. The van der Waals surface area contributed by atoms with E-state index in [9.17, 15) is 4.79 Å². The lowest BCUT2D eigenvalue weighted by Crippen LogP contribution is -2.32. The molecule has 0 aromatic heterocycles. The van der Waals surface area contributed by atoms with Crippen LogP contribution >= 0.6 is 11.6 Å². The summed E-state index contributed by atoms with van der Waals surface area (Å²) in [5.41, 5.74) is 0. The summed E-state index contributed by atoms with van der Waals surface area (Å²) in [7, 11) is 0. The molecule has 0 heterocycles. The van der Waals surface area contributed by atoms with Crippen molar-refractivity contribution in [3.05, 3.63) is 0 Å². The molecule has 0 bridgehead atoms. The topological polar surface area (TPSA) is 52.9 Å². The summed E-state index contributed by atoms with van der Waals surface area (Å²) in [6.07, 6.45) is 0.322. The van der Waals surface area contributed by atoms with E-state index in [4.69, 9.17) is 16.9 Å². The number of hydrogen-bond donors (Lipinski definition) is 1. The summed E-state index contributed by atoms with van der Waals surface area (Å²) in [6.45, 7) is 1.76. The molecule has 0 aliphatic carbocycles. The number of rotatable bonds is 3. The van der Waals surface area contributed by atoms with Gasteiger partial charge in [0.25, 0.3) is 0 Å². The van der Waals surface area contributed by atoms with Crippen molar-refractivity contribution in [3.8, 4) is 6.07 Å². The van der Waals surface area contributed by atoms with Gasteiger partial charge >= 0.3 is 0 Å². The van der Waals surface area contributed by atoms with E-state index >= 15 is 0 Å². The van der Waals surface area contributed by atoms with Gasteiger partial charge in [-0.05, 0) is 6.92 Å². The van der Waals surface area contributed by atoms with E-state index in [1.807, 2.05) is 6.07 Å². The molecule has 0 fully saturated rings. The number of carbonyl (C=O) groups is 1. The Hall–Kier alpha value is -0.750. The number of alkyl halides is 1. The highest BCUT2D eigenvalue weighted by atomic mass is 35.5. The average Bonchev–Trinajstić information content (AvgIpc) is 1.88. The van der Waals surface area contributed by atoms with Crippen LogP contribution in [-0.4, -0.2) is 17.8 Å². The smallest absolute Gasteiger partial charge is 0.235 e. The molecule has 0 rings (SSSR count). The predicted octanol–water partition coefficient (Wildman–Crippen LogP) is 0.644. The van der Waals surface area contributed by atoms with Gasteiger partial charge in [-0.1, -0.05) is 0 Å². The third-order valence-corrected chi connectivity index (χ3v) is 1.17. The second-order valence-electron chi connectivity index (χ2n) is 1.96. The van der Waals surface area contributed by atoms with Gasteiger partial charge in [0.05, 0.1) is 12.5 Å². The molecule has 1 atom stereocenters. The highest BCUT2D eigenvalue weighted by molar-refractivity contribution is 6.27. The maximum Gasteiger partial charge on any atom is 0.235 e. The Balaban J connectivity index is 3.49. The number of nitrogens with zero attached hydrogens (tertiary/aromatic N) is 1. The van der Waals surface area contributed by atoms with Crippen molar-refractivity contribution in [3.63, 3.8) is 0 Å². The van der Waals surface area contributed by atoms with E-state index in [-0.39, 0.29) is 17.8 Å². The molecule has 0 aliphatic heterocycles. The van der Waals surface area contributed by atoms with Gasteiger partial charge in [-0.3, -0.25) is 4.79 Å². The van der Waals surface area contributed by atoms with E-state index in [1.165, 1.54) is 0 Å². The van der Waals surface area contributed by atoms with Gasteiger partial charge in [-0.25, -0.2) is 0 Å². The standard InChI is InChI=1S/C6H9ClN2O/c1-5(2-3-8)9-6(10)4-7/h5H,2,4H2,1H3,(H,9,10). The predicted molar refractivity (Wildman–Crippen MR) is 38.6 cm³/mol. The molecule has 1 N–H and O–H groups in total. The van der Waals surface area contributed by atoms with Crippen molar-refractivity contribution < 1.29 is 4.79 Å². The van der Waals surface area contributed by atoms with E-state index in [1.54, 1.807) is 6.92 Å². The minimum absolute atomic E-state index is 0.0459. The zero-order chi connectivity index (χ0) is 7.98. The Kier molecular flexibility index (Phi) is 4.69. The second kappa shape index (κ2) is 5.07. The van der Waals surface area contributed by atoms with Crippen LogP contribution in [0.5, 0.6) is 0 Å². The first-order valence-corrected chi connectivity index (χ1v) is 3.46. The molecule has 0 saturated carbocycles. The molecule has 10 heavy (non-hydrogen) atoms. The molecule has 1 unspecified atom stereocenters. The maximum atomic E-state index is 10.5. The third-order valence-electron chi connectivity index (χ3n) is 0.926. The molecular weight excluding hydrogens is 152 g/mol. The largest absolute Gasteiger partial charge is 0.352 e. The van der Waals surface area contributed by atoms with Crippen LogP contribution in [0.1, 0.15) is 13.3 Å². The fourth-order valence-electron chi connectivity index (χ4n) is 0.501. The SMILES string of the molecule is CC(CC#N)NC(=O)CCl. The summed E-state index contributed by atoms with van der Waals surface area (Å²) >= 11 is 5.20. The van der Waals surface area contributed by atoms with Crippen molar-refractivity contribution >= 4 is 17.5 Å². The second-order valence-corrected chi connectivity index (χ2v) is 2.23. The lowest BCUT2D eigenvalue weighted by molar-refractivity contribution is -0.119. The third kappa shape index (κ3) is 4.16. The van der Waals surface area contributed by atoms with E-state index < -0.39 is 0 Å². The Morgan fingerprint density at radius 3 is 2.90 bits per heavy atom. The molecule has 0 radical (unpaired) electrons. The Bertz CT molecular complexity index is 152. The molecule has 0 aliphatic rings. The van der Waals surface area contributed by atoms with E-state index in [0.29, 0.717) is 6.42 Å². The molecule has 1 amide bonds. The van der Waals surface area contributed by atoms with Crippen molar-refractivity contribution in [2.24, 2.45) is 0 Å². The zero-order valence-corrected chi connectivity index (χ0v) is 6.48. The van der Waals surface area contributed by atoms with Gasteiger partial charge in [0.1, 0.15) is 5.88 Å². The zero-order valence-electron chi connectivity index (χ0n) is 5.72. The minimum atomic E-state index is -0.232. The van der Waals surface area contributed by atoms with Crippen LogP contribution < -0.4 is 5.32 Å². The fourth-order valence-corrected chi connectivity index (χ4v) is 0.579. The normalized spacial score (nSPS) is 11.7. The number of halogens is 1. The number of nitrogens with one attached hydrogen (secondary N) is 1. The minimum Gasteiger partial charge on any atom is -0.352 e. The lowest BCUT2D eigenvalue weighted by Gasteiger charge is -2.07. The summed E-state index contributed by atoms with van der Waals surface area (Å²) in [4.78, 5) is 10.5. The maximum absolute atomic E-state index is 10.5. The molecule has 0 aromatic carbocycles. The first-order valence-electron chi connectivity index (χ1n) is 2.93. The Morgan fingerprint density at radius 2 is 2.50 bits per heavy atom. The molecule has 3 nitrogen and oxygen atoms in total. The van der Waals surface area contributed by atoms with Gasteiger partial charge in [-0.15, -0.1) is 11.6 Å². The van der Waals surface area contributed by atoms with E-state index in [2.05, 4.69) is 5.32 Å². The summed E-state index contributed by atoms with van der Waals surface area (Å²) in [5.74, 6) is -0.278. The van der Waals surface area contributed by atoms with Crippen LogP contribution in [0.25, 0.3) is 0 Å². The van der Waals surface area contributed by atoms with Crippen molar-refractivity contribution in [2.45, 2.75) is 19.4 Å². The van der Waals surface area contributed by atoms with E-state index in [0.717, 1.165) is 0 Å². The van der Waals surface area contributed by atoms with Crippen LogP contribution in [0.2, 0.25) is 0 Å². The highest BCUT2D eigenvalue weighted by Gasteiger charge is 2.03. The average molecular weight is 161 g/mol. The number of nitriles is 1. The van der Waals surface area contributed by atoms with Gasteiger partial charge in [-0.2, -0.15) is 5.26 Å². The summed E-state index contributed by atoms with van der Waals surface area (Å²) in [5, 5.41) is 10.7. The molecule has 0 spiro atoms. The molecule has 0 aromatic rings. The van der Waals surface area contributed by atoms with Crippen LogP contribution in [0.4, 0.5) is 0 Å². The molecular formula is C6H9ClN2O.